The third-order valence-corrected chi connectivity index (χ3v) is 6.02. The molecule has 0 aliphatic carbocycles. The first-order valence-corrected chi connectivity index (χ1v) is 10.7. The maximum atomic E-state index is 12.7. The van der Waals surface area contributed by atoms with Crippen molar-refractivity contribution < 1.29 is 9.59 Å². The van der Waals surface area contributed by atoms with Crippen molar-refractivity contribution in [2.45, 2.75) is 19.5 Å². The average molecular weight is 407 g/mol. The number of piperazine rings is 1. The number of rotatable bonds is 6. The zero-order valence-electron chi connectivity index (χ0n) is 17.6. The molecule has 2 aliphatic rings. The van der Waals surface area contributed by atoms with E-state index in [2.05, 4.69) is 40.4 Å². The predicted octanol–water partition coefficient (Wildman–Crippen LogP) is 2.10. The first-order chi connectivity index (χ1) is 14.6. The Morgan fingerprint density at radius 1 is 1.00 bits per heavy atom. The van der Waals surface area contributed by atoms with Crippen molar-refractivity contribution in [1.82, 2.24) is 15.1 Å². The summed E-state index contributed by atoms with van der Waals surface area (Å²) in [5.74, 6) is -0.340. The Morgan fingerprint density at radius 3 is 2.50 bits per heavy atom. The van der Waals surface area contributed by atoms with Gasteiger partial charge in [0.2, 0.25) is 11.8 Å². The quantitative estimate of drug-likeness (QED) is 0.798. The molecule has 0 aromatic heterocycles. The van der Waals surface area contributed by atoms with Gasteiger partial charge in [0.05, 0.1) is 5.92 Å². The van der Waals surface area contributed by atoms with Crippen LogP contribution in [0.25, 0.3) is 0 Å². The summed E-state index contributed by atoms with van der Waals surface area (Å²) in [6, 6.07) is 18.0. The normalized spacial score (nSPS) is 20.5. The van der Waals surface area contributed by atoms with Crippen LogP contribution in [0.3, 0.4) is 0 Å². The van der Waals surface area contributed by atoms with Gasteiger partial charge in [0.15, 0.2) is 0 Å². The molecule has 2 heterocycles. The van der Waals surface area contributed by atoms with Crippen LogP contribution in [0.4, 0.5) is 5.69 Å². The fourth-order valence-electron chi connectivity index (χ4n) is 4.18. The van der Waals surface area contributed by atoms with E-state index in [1.807, 2.05) is 36.4 Å². The third kappa shape index (κ3) is 5.07. The van der Waals surface area contributed by atoms with E-state index in [1.165, 1.54) is 5.56 Å². The van der Waals surface area contributed by atoms with E-state index in [0.29, 0.717) is 13.1 Å². The van der Waals surface area contributed by atoms with E-state index in [0.717, 1.165) is 44.0 Å². The van der Waals surface area contributed by atoms with Crippen LogP contribution in [0.1, 0.15) is 17.5 Å². The number of hydrogen-bond acceptors (Lipinski definition) is 4. The first kappa shape index (κ1) is 20.6. The zero-order valence-corrected chi connectivity index (χ0v) is 17.6. The first-order valence-electron chi connectivity index (χ1n) is 10.7. The Bertz CT molecular complexity index is 878. The van der Waals surface area contributed by atoms with Crippen LogP contribution in [0.15, 0.2) is 54.6 Å². The van der Waals surface area contributed by atoms with Gasteiger partial charge < -0.3 is 15.1 Å². The molecule has 0 saturated carbocycles. The number of likely N-dealkylation sites (N-methyl/N-ethyl adjacent to an activating group) is 1. The van der Waals surface area contributed by atoms with Crippen LogP contribution >= 0.6 is 0 Å². The minimum atomic E-state index is -0.300. The van der Waals surface area contributed by atoms with Gasteiger partial charge in [0.1, 0.15) is 0 Å². The molecule has 2 fully saturated rings. The molecular formula is C24H30N4O2. The van der Waals surface area contributed by atoms with Crippen molar-refractivity contribution in [2.24, 2.45) is 5.92 Å². The largest absolute Gasteiger partial charge is 0.352 e. The summed E-state index contributed by atoms with van der Waals surface area (Å²) in [6.45, 7) is 6.27. The Balaban J connectivity index is 1.29. The van der Waals surface area contributed by atoms with Crippen molar-refractivity contribution in [1.29, 1.82) is 0 Å². The number of nitrogens with one attached hydrogen (secondary N) is 1. The van der Waals surface area contributed by atoms with Crippen molar-refractivity contribution in [3.63, 3.8) is 0 Å². The number of benzene rings is 2. The number of amides is 2. The van der Waals surface area contributed by atoms with Gasteiger partial charge in [-0.1, -0.05) is 42.5 Å². The Labute approximate surface area is 178 Å². The molecule has 2 amide bonds. The van der Waals surface area contributed by atoms with Crippen molar-refractivity contribution in [3.8, 4) is 0 Å². The molecule has 4 rings (SSSR count). The standard InChI is InChI=1S/C24H30N4O2/c1-26-10-12-27(13-11-26)17-20-7-5-6-19(14-20)16-25-24(30)21-15-23(29)28(18-21)22-8-3-2-4-9-22/h2-9,14,21H,10-13,15-18H2,1H3,(H,25,30). The number of para-hydroxylation sites is 1. The van der Waals surface area contributed by atoms with Gasteiger partial charge in [0, 0.05) is 57.9 Å². The molecule has 2 aromatic carbocycles. The number of carbonyl (C=O) groups excluding carboxylic acids is 2. The Kier molecular flexibility index (Phi) is 6.45. The van der Waals surface area contributed by atoms with Gasteiger partial charge in [-0.15, -0.1) is 0 Å². The van der Waals surface area contributed by atoms with Gasteiger partial charge in [0.25, 0.3) is 0 Å². The molecule has 2 aromatic rings. The molecule has 2 saturated heterocycles. The highest BCUT2D eigenvalue weighted by Crippen LogP contribution is 2.25. The van der Waals surface area contributed by atoms with Gasteiger partial charge >= 0.3 is 0 Å². The zero-order chi connectivity index (χ0) is 20.9. The van der Waals surface area contributed by atoms with E-state index in [9.17, 15) is 9.59 Å². The molecule has 2 aliphatic heterocycles. The second kappa shape index (κ2) is 9.41. The number of hydrogen-bond donors (Lipinski definition) is 1. The summed E-state index contributed by atoms with van der Waals surface area (Å²) in [5.41, 5.74) is 3.23. The van der Waals surface area contributed by atoms with Crippen LogP contribution in [0.2, 0.25) is 0 Å². The van der Waals surface area contributed by atoms with Crippen LogP contribution in [-0.2, 0) is 22.7 Å². The maximum absolute atomic E-state index is 12.7. The monoisotopic (exact) mass is 406 g/mol. The highest BCUT2D eigenvalue weighted by molar-refractivity contribution is 6.00. The van der Waals surface area contributed by atoms with Crippen molar-refractivity contribution in [3.05, 3.63) is 65.7 Å². The summed E-state index contributed by atoms with van der Waals surface area (Å²) in [5, 5.41) is 3.03. The highest BCUT2D eigenvalue weighted by atomic mass is 16.2. The molecule has 30 heavy (non-hydrogen) atoms. The molecule has 6 heteroatoms. The molecule has 0 bridgehead atoms. The number of nitrogens with zero attached hydrogens (tertiary/aromatic N) is 3. The average Bonchev–Trinajstić information content (AvgIpc) is 3.16. The molecule has 1 atom stereocenters. The SMILES string of the molecule is CN1CCN(Cc2cccc(CNC(=O)C3CC(=O)N(c4ccccc4)C3)c2)CC1. The fraction of sp³-hybridized carbons (Fsp3) is 0.417. The fourth-order valence-corrected chi connectivity index (χ4v) is 4.18. The summed E-state index contributed by atoms with van der Waals surface area (Å²) in [6.07, 6.45) is 0.268. The maximum Gasteiger partial charge on any atom is 0.227 e. The van der Waals surface area contributed by atoms with E-state index in [4.69, 9.17) is 0 Å². The second-order valence-electron chi connectivity index (χ2n) is 8.36. The Morgan fingerprint density at radius 2 is 1.73 bits per heavy atom. The van der Waals surface area contributed by atoms with Crippen molar-refractivity contribution >= 4 is 17.5 Å². The number of anilines is 1. The van der Waals surface area contributed by atoms with Gasteiger partial charge in [-0.2, -0.15) is 0 Å². The molecule has 6 nitrogen and oxygen atoms in total. The van der Waals surface area contributed by atoms with E-state index in [-0.39, 0.29) is 24.2 Å². The van der Waals surface area contributed by atoms with Crippen LogP contribution in [0, 0.1) is 5.92 Å². The van der Waals surface area contributed by atoms with Crippen LogP contribution < -0.4 is 10.2 Å². The van der Waals surface area contributed by atoms with Gasteiger partial charge in [-0.25, -0.2) is 0 Å². The third-order valence-electron chi connectivity index (χ3n) is 6.02. The van der Waals surface area contributed by atoms with Gasteiger partial charge in [-0.05, 0) is 30.3 Å². The molecule has 0 spiro atoms. The van der Waals surface area contributed by atoms with Gasteiger partial charge in [-0.3, -0.25) is 14.5 Å². The Hall–Kier alpha value is -2.70. The smallest absolute Gasteiger partial charge is 0.227 e. The topological polar surface area (TPSA) is 55.9 Å². The van der Waals surface area contributed by atoms with E-state index in [1.54, 1.807) is 4.90 Å². The lowest BCUT2D eigenvalue weighted by atomic mass is 10.1. The lowest BCUT2D eigenvalue weighted by Gasteiger charge is -2.32. The second-order valence-corrected chi connectivity index (χ2v) is 8.36. The summed E-state index contributed by atoms with van der Waals surface area (Å²) in [4.78, 5) is 31.6. The predicted molar refractivity (Wildman–Crippen MR) is 118 cm³/mol. The van der Waals surface area contributed by atoms with Crippen LogP contribution in [0.5, 0.6) is 0 Å². The van der Waals surface area contributed by atoms with E-state index < -0.39 is 0 Å². The summed E-state index contributed by atoms with van der Waals surface area (Å²) in [7, 11) is 2.16. The molecule has 1 N–H and O–H groups in total. The minimum absolute atomic E-state index is 0.00974. The summed E-state index contributed by atoms with van der Waals surface area (Å²) >= 11 is 0. The highest BCUT2D eigenvalue weighted by Gasteiger charge is 2.34. The number of carbonyl (C=O) groups is 2. The molecule has 158 valence electrons. The van der Waals surface area contributed by atoms with Crippen molar-refractivity contribution in [2.75, 3.05) is 44.7 Å². The van der Waals surface area contributed by atoms with Crippen LogP contribution in [-0.4, -0.2) is 61.4 Å². The lowest BCUT2D eigenvalue weighted by molar-refractivity contribution is -0.126. The molecule has 0 radical (unpaired) electrons. The minimum Gasteiger partial charge on any atom is -0.352 e. The molecular weight excluding hydrogens is 376 g/mol. The lowest BCUT2D eigenvalue weighted by Crippen LogP contribution is -2.43. The summed E-state index contributed by atoms with van der Waals surface area (Å²) < 4.78 is 0. The van der Waals surface area contributed by atoms with E-state index >= 15 is 0 Å². The molecule has 1 unspecified atom stereocenters.